The number of ether oxygens (including phenoxy) is 3. The smallest absolute Gasteiger partial charge is 0.193 e. The molecule has 0 bridgehead atoms. The number of hydrogen-bond acceptors (Lipinski definition) is 7. The van der Waals surface area contributed by atoms with Crippen molar-refractivity contribution < 1.29 is 38.0 Å². The molecule has 2 aromatic rings. The summed E-state index contributed by atoms with van der Waals surface area (Å²) in [5, 5.41) is 21.9. The van der Waals surface area contributed by atoms with Crippen LogP contribution in [-0.4, -0.2) is 52.3 Å². The Hall–Kier alpha value is -3.37. The second kappa shape index (κ2) is 9.81. The first-order valence-electron chi connectivity index (χ1n) is 15.1. The van der Waals surface area contributed by atoms with E-state index < -0.39 is 71.0 Å². The van der Waals surface area contributed by atoms with Gasteiger partial charge in [0.2, 0.25) is 0 Å². The third-order valence-corrected chi connectivity index (χ3v) is 11.3. The number of fused-ring (bicyclic) bond motifs is 7. The van der Waals surface area contributed by atoms with Crippen molar-refractivity contribution in [2.75, 3.05) is 12.3 Å². The number of nitrogens with two attached hydrogens (primary N) is 1. The van der Waals surface area contributed by atoms with Crippen LogP contribution in [0.3, 0.4) is 0 Å². The molecular formula is C35H37F2NO6. The number of nitrogen functional groups attached to an aromatic ring is 1. The summed E-state index contributed by atoms with van der Waals surface area (Å²) in [6, 6.07) is 14.0. The third kappa shape index (κ3) is 3.76. The van der Waals surface area contributed by atoms with E-state index in [1.54, 1.807) is 80.6 Å². The molecule has 7 rings (SSSR count). The molecule has 2 aromatic carbocycles. The lowest BCUT2D eigenvalue weighted by Crippen LogP contribution is -2.70. The number of ketones is 1. The van der Waals surface area contributed by atoms with E-state index in [4.69, 9.17) is 19.9 Å². The highest BCUT2D eigenvalue weighted by atomic mass is 19.1. The normalized spacial score (nSPS) is 42.1. The minimum atomic E-state index is -2.19. The zero-order chi connectivity index (χ0) is 31.2. The van der Waals surface area contributed by atoms with Crippen molar-refractivity contribution in [3.63, 3.8) is 0 Å². The molecule has 4 aliphatic carbocycles. The Bertz CT molecular complexity index is 1570. The molecule has 7 nitrogen and oxygen atoms in total. The van der Waals surface area contributed by atoms with Crippen LogP contribution >= 0.6 is 0 Å². The van der Waals surface area contributed by atoms with Gasteiger partial charge in [-0.25, -0.2) is 8.78 Å². The van der Waals surface area contributed by atoms with E-state index in [1.165, 1.54) is 0 Å². The number of alkyl halides is 2. The third-order valence-electron chi connectivity index (χ3n) is 11.3. The molecule has 1 saturated heterocycles. The van der Waals surface area contributed by atoms with Gasteiger partial charge in [-0.15, -0.1) is 0 Å². The highest BCUT2D eigenvalue weighted by molar-refractivity contribution is 5.91. The summed E-state index contributed by atoms with van der Waals surface area (Å²) >= 11 is 0. The summed E-state index contributed by atoms with van der Waals surface area (Å²) in [6.07, 6.45) is 0.0901. The number of anilines is 1. The molecule has 9 heteroatoms. The monoisotopic (exact) mass is 605 g/mol. The summed E-state index contributed by atoms with van der Waals surface area (Å²) in [6.45, 7) is 6.52. The van der Waals surface area contributed by atoms with Gasteiger partial charge < -0.3 is 30.2 Å². The number of hydrogen-bond donors (Lipinski definition) is 3. The fourth-order valence-corrected chi connectivity index (χ4v) is 9.15. The van der Waals surface area contributed by atoms with Gasteiger partial charge in [-0.05, 0) is 79.6 Å². The van der Waals surface area contributed by atoms with Gasteiger partial charge in [-0.2, -0.15) is 0 Å². The minimum Gasteiger partial charge on any atom is -0.457 e. The molecule has 0 amide bonds. The highest BCUT2D eigenvalue weighted by Gasteiger charge is 2.80. The molecule has 0 spiro atoms. The van der Waals surface area contributed by atoms with Gasteiger partial charge in [0.05, 0.1) is 12.2 Å². The Labute approximate surface area is 255 Å². The number of benzene rings is 2. The number of rotatable bonds is 5. The van der Waals surface area contributed by atoms with Crippen LogP contribution in [0.15, 0.2) is 84.5 Å². The Morgan fingerprint density at radius 3 is 2.41 bits per heavy atom. The zero-order valence-corrected chi connectivity index (χ0v) is 24.7. The lowest BCUT2D eigenvalue weighted by atomic mass is 9.44. The van der Waals surface area contributed by atoms with E-state index in [0.29, 0.717) is 28.3 Å². The lowest BCUT2D eigenvalue weighted by molar-refractivity contribution is -0.235. The van der Waals surface area contributed by atoms with Gasteiger partial charge in [0.1, 0.15) is 24.3 Å². The summed E-state index contributed by atoms with van der Waals surface area (Å²) < 4.78 is 52.3. The summed E-state index contributed by atoms with van der Waals surface area (Å²) in [5.41, 5.74) is 1.50. The van der Waals surface area contributed by atoms with Gasteiger partial charge >= 0.3 is 0 Å². The minimum absolute atomic E-state index is 0.119. The number of aliphatic hydroxyl groups is 2. The predicted molar refractivity (Wildman–Crippen MR) is 159 cm³/mol. The van der Waals surface area contributed by atoms with Crippen LogP contribution in [0.2, 0.25) is 0 Å². The molecule has 5 aliphatic rings. The van der Waals surface area contributed by atoms with Crippen molar-refractivity contribution in [2.24, 2.45) is 22.7 Å². The van der Waals surface area contributed by atoms with Gasteiger partial charge in [-0.1, -0.05) is 43.9 Å². The summed E-state index contributed by atoms with van der Waals surface area (Å²) in [4.78, 5) is 13.7. The Morgan fingerprint density at radius 2 is 1.75 bits per heavy atom. The van der Waals surface area contributed by atoms with Gasteiger partial charge in [-0.3, -0.25) is 4.79 Å². The molecule has 0 radical (unpaired) electrons. The largest absolute Gasteiger partial charge is 0.457 e. The van der Waals surface area contributed by atoms with Crippen molar-refractivity contribution in [2.45, 2.75) is 69.0 Å². The topological polar surface area (TPSA) is 111 Å². The first kappa shape index (κ1) is 29.3. The second-order valence-electron chi connectivity index (χ2n) is 13.4. The zero-order valence-electron chi connectivity index (χ0n) is 24.7. The van der Waals surface area contributed by atoms with Crippen LogP contribution in [-0.2, 0) is 14.3 Å². The standard InChI is InChI=1S/C35H37F2NO6/c1-19-12-13-32(2)26(14-19)27(36)15-25-24-16-30-35(29(41)18-39,33(24,3)17-28(40)34(25,32)37)44-31(43-30)20-4-8-22(9-5-20)42-23-10-6-21(38)7-11-23/h4-14,24-25,27-28,30-31,39-40H,1,15-18,38H2,2-3H3/t24-,25-,27-,28-,30+,31+,32-,33-,34-,35+/m0/s1. The summed E-state index contributed by atoms with van der Waals surface area (Å²) in [7, 11) is 0. The molecule has 1 aliphatic heterocycles. The SMILES string of the molecule is C=C1C=C[C@@]2(C)C(=C1)[C@@H](F)C[C@H]1[C@@H]3C[C@H]4O[C@@H](c5ccc(Oc6ccc(N)cc6)cc5)O[C@@]4(C(=O)CO)[C@@]3(C)C[C@H](O)[C@@]12F. The van der Waals surface area contributed by atoms with E-state index in [-0.39, 0.29) is 24.8 Å². The fourth-order valence-electron chi connectivity index (χ4n) is 9.15. The molecule has 0 unspecified atom stereocenters. The maximum Gasteiger partial charge on any atom is 0.193 e. The van der Waals surface area contributed by atoms with E-state index in [1.807, 2.05) is 0 Å². The van der Waals surface area contributed by atoms with Gasteiger partial charge in [0.25, 0.3) is 0 Å². The van der Waals surface area contributed by atoms with Crippen LogP contribution in [0.5, 0.6) is 11.5 Å². The first-order valence-corrected chi connectivity index (χ1v) is 15.1. The number of Topliss-reactive ketones (excluding diaryl/α,β-unsaturated/α-hetero) is 1. The number of carbonyl (C=O) groups is 1. The van der Waals surface area contributed by atoms with Crippen molar-refractivity contribution in [1.82, 2.24) is 0 Å². The van der Waals surface area contributed by atoms with E-state index in [2.05, 4.69) is 6.58 Å². The van der Waals surface area contributed by atoms with Crippen molar-refractivity contribution in [1.29, 1.82) is 0 Å². The lowest BCUT2D eigenvalue weighted by Gasteiger charge is -2.63. The second-order valence-corrected chi connectivity index (χ2v) is 13.4. The van der Waals surface area contributed by atoms with Crippen molar-refractivity contribution in [3.8, 4) is 11.5 Å². The van der Waals surface area contributed by atoms with E-state index in [9.17, 15) is 15.0 Å². The number of carbonyl (C=O) groups excluding carboxylic acids is 1. The molecule has 4 fully saturated rings. The Balaban J connectivity index is 1.21. The molecule has 4 N–H and O–H groups in total. The quantitative estimate of drug-likeness (QED) is 0.376. The van der Waals surface area contributed by atoms with Crippen LogP contribution in [0.25, 0.3) is 0 Å². The molecule has 44 heavy (non-hydrogen) atoms. The molecule has 1 heterocycles. The van der Waals surface area contributed by atoms with Gasteiger partial charge in [0, 0.05) is 28.0 Å². The maximum atomic E-state index is 17.6. The maximum absolute atomic E-state index is 17.6. The number of halogens is 2. The Morgan fingerprint density at radius 1 is 1.09 bits per heavy atom. The molecule has 3 saturated carbocycles. The number of allylic oxidation sites excluding steroid dienone is 5. The first-order chi connectivity index (χ1) is 20.9. The van der Waals surface area contributed by atoms with Crippen LogP contribution in [0.1, 0.15) is 45.0 Å². The highest BCUT2D eigenvalue weighted by Crippen LogP contribution is 2.72. The summed E-state index contributed by atoms with van der Waals surface area (Å²) in [5.74, 6) is -0.883. The Kier molecular flexibility index (Phi) is 6.55. The molecule has 232 valence electrons. The fraction of sp³-hybridized carbons (Fsp3) is 0.457. The van der Waals surface area contributed by atoms with Crippen LogP contribution in [0, 0.1) is 22.7 Å². The average Bonchev–Trinajstić information content (AvgIpc) is 3.50. The molecule has 10 atom stereocenters. The number of aliphatic hydroxyl groups excluding tert-OH is 2. The predicted octanol–water partition coefficient (Wildman–Crippen LogP) is 5.69. The molecule has 0 aromatic heterocycles. The van der Waals surface area contributed by atoms with E-state index in [0.717, 1.165) is 0 Å². The average molecular weight is 606 g/mol. The van der Waals surface area contributed by atoms with Crippen molar-refractivity contribution in [3.05, 3.63) is 90.0 Å². The van der Waals surface area contributed by atoms with Gasteiger partial charge in [0.15, 0.2) is 23.3 Å². The van der Waals surface area contributed by atoms with Crippen molar-refractivity contribution >= 4 is 11.5 Å². The van der Waals surface area contributed by atoms with Crippen LogP contribution < -0.4 is 10.5 Å². The van der Waals surface area contributed by atoms with Crippen LogP contribution in [0.4, 0.5) is 14.5 Å². The molecular weight excluding hydrogens is 568 g/mol. The van der Waals surface area contributed by atoms with E-state index >= 15 is 8.78 Å².